The third kappa shape index (κ3) is 5.31. The van der Waals surface area contributed by atoms with E-state index < -0.39 is 0 Å². The smallest absolute Gasteiger partial charge is 0.221 e. The first-order chi connectivity index (χ1) is 11.8. The van der Waals surface area contributed by atoms with Gasteiger partial charge in [-0.2, -0.15) is 0 Å². The van der Waals surface area contributed by atoms with E-state index in [0.29, 0.717) is 6.04 Å². The summed E-state index contributed by atoms with van der Waals surface area (Å²) in [4.78, 5) is 7.06. The lowest BCUT2D eigenvalue weighted by molar-refractivity contribution is 0.103. The predicted molar refractivity (Wildman–Crippen MR) is 108 cm³/mol. The second kappa shape index (κ2) is 8.84. The van der Waals surface area contributed by atoms with Crippen LogP contribution in [0, 0.1) is 0 Å². The SMILES string of the molecule is C=C(C)N=C(OC1CCC(N(C)C)CC1)C(=C(C)C)C1=C(C)CCC1. The Kier molecular flexibility index (Phi) is 7.06. The van der Waals surface area contributed by atoms with Gasteiger partial charge >= 0.3 is 0 Å². The number of aliphatic imine (C=N–C) groups is 1. The molecule has 0 aliphatic heterocycles. The lowest BCUT2D eigenvalue weighted by Gasteiger charge is -2.33. The zero-order valence-corrected chi connectivity index (χ0v) is 17.1. The van der Waals surface area contributed by atoms with Crippen molar-refractivity contribution in [2.75, 3.05) is 14.1 Å². The molecule has 140 valence electrons. The quantitative estimate of drug-likeness (QED) is 0.476. The third-order valence-electron chi connectivity index (χ3n) is 5.45. The lowest BCUT2D eigenvalue weighted by Crippen LogP contribution is -2.35. The Morgan fingerprint density at radius 1 is 1.08 bits per heavy atom. The van der Waals surface area contributed by atoms with E-state index in [2.05, 4.69) is 46.3 Å². The van der Waals surface area contributed by atoms with E-state index in [1.54, 1.807) is 0 Å². The van der Waals surface area contributed by atoms with E-state index in [1.807, 2.05) is 6.92 Å². The first-order valence-corrected chi connectivity index (χ1v) is 9.73. The molecule has 0 amide bonds. The molecule has 0 aromatic heterocycles. The highest BCUT2D eigenvalue weighted by molar-refractivity contribution is 5.99. The molecule has 25 heavy (non-hydrogen) atoms. The molecular formula is C22H36N2O. The molecule has 0 aromatic carbocycles. The average Bonchev–Trinajstić information content (AvgIpc) is 2.93. The van der Waals surface area contributed by atoms with E-state index in [9.17, 15) is 0 Å². The van der Waals surface area contributed by atoms with Crippen molar-refractivity contribution in [3.05, 3.63) is 34.6 Å². The summed E-state index contributed by atoms with van der Waals surface area (Å²) < 4.78 is 6.49. The van der Waals surface area contributed by atoms with Crippen molar-refractivity contribution in [2.24, 2.45) is 4.99 Å². The minimum Gasteiger partial charge on any atom is -0.474 e. The Balaban J connectivity index is 2.21. The minimum atomic E-state index is 0.269. The Hall–Kier alpha value is -1.35. The van der Waals surface area contributed by atoms with Crippen molar-refractivity contribution < 1.29 is 4.74 Å². The number of rotatable bonds is 5. The third-order valence-corrected chi connectivity index (χ3v) is 5.45. The standard InChI is InChI=1S/C22H36N2O/c1-15(2)21(20-10-8-9-17(20)5)22(23-16(3)4)25-19-13-11-18(12-14-19)24(6)7/h18-19H,3,8-14H2,1-2,4-7H3. The number of allylic oxidation sites excluding steroid dienone is 3. The second-order valence-electron chi connectivity index (χ2n) is 8.15. The summed E-state index contributed by atoms with van der Waals surface area (Å²) in [6, 6.07) is 0.684. The van der Waals surface area contributed by atoms with Gasteiger partial charge in [-0.25, -0.2) is 4.99 Å². The van der Waals surface area contributed by atoms with Gasteiger partial charge in [0.1, 0.15) is 6.10 Å². The molecule has 0 N–H and O–H groups in total. The fourth-order valence-corrected chi connectivity index (χ4v) is 4.03. The van der Waals surface area contributed by atoms with Crippen molar-refractivity contribution in [1.29, 1.82) is 0 Å². The molecular weight excluding hydrogens is 308 g/mol. The zero-order chi connectivity index (χ0) is 18.6. The summed E-state index contributed by atoms with van der Waals surface area (Å²) >= 11 is 0. The van der Waals surface area contributed by atoms with E-state index in [0.717, 1.165) is 30.9 Å². The van der Waals surface area contributed by atoms with E-state index in [4.69, 9.17) is 9.73 Å². The van der Waals surface area contributed by atoms with Gasteiger partial charge in [0.2, 0.25) is 5.90 Å². The van der Waals surface area contributed by atoms with E-state index >= 15 is 0 Å². The summed E-state index contributed by atoms with van der Waals surface area (Å²) in [7, 11) is 4.35. The fourth-order valence-electron chi connectivity index (χ4n) is 4.03. The molecule has 0 atom stereocenters. The van der Waals surface area contributed by atoms with Crippen LogP contribution in [0.1, 0.15) is 72.6 Å². The van der Waals surface area contributed by atoms with Crippen LogP contribution < -0.4 is 0 Å². The topological polar surface area (TPSA) is 24.8 Å². The van der Waals surface area contributed by atoms with Gasteiger partial charge in [0.05, 0.1) is 0 Å². The Morgan fingerprint density at radius 2 is 1.72 bits per heavy atom. The van der Waals surface area contributed by atoms with Crippen LogP contribution in [-0.2, 0) is 4.74 Å². The maximum atomic E-state index is 6.49. The van der Waals surface area contributed by atoms with Crippen molar-refractivity contribution in [3.8, 4) is 0 Å². The lowest BCUT2D eigenvalue weighted by atomic mass is 9.92. The van der Waals surface area contributed by atoms with Gasteiger partial charge in [0.25, 0.3) is 0 Å². The first-order valence-electron chi connectivity index (χ1n) is 9.73. The molecule has 3 nitrogen and oxygen atoms in total. The monoisotopic (exact) mass is 344 g/mol. The predicted octanol–water partition coefficient (Wildman–Crippen LogP) is 5.64. The molecule has 0 bridgehead atoms. The molecule has 0 heterocycles. The molecule has 1 saturated carbocycles. The summed E-state index contributed by atoms with van der Waals surface area (Å²) in [6.45, 7) is 12.6. The number of nitrogens with zero attached hydrogens (tertiary/aromatic N) is 2. The highest BCUT2D eigenvalue weighted by Gasteiger charge is 2.27. The highest BCUT2D eigenvalue weighted by atomic mass is 16.5. The van der Waals surface area contributed by atoms with Crippen LogP contribution in [0.15, 0.2) is 39.6 Å². The largest absolute Gasteiger partial charge is 0.474 e. The fraction of sp³-hybridized carbons (Fsp3) is 0.682. The molecule has 0 radical (unpaired) electrons. The Labute approximate surface area is 154 Å². The van der Waals surface area contributed by atoms with Gasteiger partial charge in [-0.1, -0.05) is 17.7 Å². The second-order valence-corrected chi connectivity index (χ2v) is 8.15. The van der Waals surface area contributed by atoms with Crippen LogP contribution in [0.2, 0.25) is 0 Å². The maximum Gasteiger partial charge on any atom is 0.221 e. The van der Waals surface area contributed by atoms with Crippen LogP contribution in [-0.4, -0.2) is 37.0 Å². The zero-order valence-electron chi connectivity index (χ0n) is 17.1. The summed E-state index contributed by atoms with van der Waals surface area (Å²) in [5.74, 6) is 0.803. The van der Waals surface area contributed by atoms with Crippen LogP contribution >= 0.6 is 0 Å². The molecule has 2 aliphatic rings. The van der Waals surface area contributed by atoms with Crippen molar-refractivity contribution in [1.82, 2.24) is 4.90 Å². The van der Waals surface area contributed by atoms with Gasteiger partial charge in [0.15, 0.2) is 0 Å². The van der Waals surface area contributed by atoms with Gasteiger partial charge in [0, 0.05) is 17.3 Å². The minimum absolute atomic E-state index is 0.269. The molecule has 2 rings (SSSR count). The molecule has 3 heteroatoms. The molecule has 0 saturated heterocycles. The van der Waals surface area contributed by atoms with Crippen molar-refractivity contribution in [3.63, 3.8) is 0 Å². The summed E-state index contributed by atoms with van der Waals surface area (Å²) in [5, 5.41) is 0. The van der Waals surface area contributed by atoms with Crippen LogP contribution in [0.3, 0.4) is 0 Å². The molecule has 1 fully saturated rings. The average molecular weight is 345 g/mol. The Morgan fingerprint density at radius 3 is 2.16 bits per heavy atom. The van der Waals surface area contributed by atoms with Gasteiger partial charge in [-0.3, -0.25) is 0 Å². The maximum absolute atomic E-state index is 6.49. The van der Waals surface area contributed by atoms with Crippen LogP contribution in [0.4, 0.5) is 0 Å². The van der Waals surface area contributed by atoms with Gasteiger partial charge in [-0.15, -0.1) is 0 Å². The first kappa shape index (κ1) is 20.0. The molecule has 0 aromatic rings. The number of ether oxygens (including phenoxy) is 1. The van der Waals surface area contributed by atoms with Gasteiger partial charge in [-0.05, 0) is 92.3 Å². The van der Waals surface area contributed by atoms with E-state index in [-0.39, 0.29) is 6.10 Å². The molecule has 0 spiro atoms. The van der Waals surface area contributed by atoms with Crippen molar-refractivity contribution >= 4 is 5.90 Å². The number of hydrogen-bond donors (Lipinski definition) is 0. The molecule has 2 aliphatic carbocycles. The highest BCUT2D eigenvalue weighted by Crippen LogP contribution is 2.35. The van der Waals surface area contributed by atoms with Crippen LogP contribution in [0.25, 0.3) is 0 Å². The van der Waals surface area contributed by atoms with Crippen molar-refractivity contribution in [2.45, 2.75) is 84.8 Å². The normalized spacial score (nSPS) is 24.7. The van der Waals surface area contributed by atoms with Crippen LogP contribution in [0.5, 0.6) is 0 Å². The number of hydrogen-bond acceptors (Lipinski definition) is 3. The Bertz CT molecular complexity index is 583. The summed E-state index contributed by atoms with van der Waals surface area (Å²) in [6.07, 6.45) is 8.45. The summed E-state index contributed by atoms with van der Waals surface area (Å²) in [5.41, 5.74) is 6.27. The van der Waals surface area contributed by atoms with Gasteiger partial charge < -0.3 is 9.64 Å². The molecule has 0 unspecified atom stereocenters. The van der Waals surface area contributed by atoms with E-state index in [1.165, 1.54) is 48.0 Å².